The molecule has 2 fully saturated rings. The predicted molar refractivity (Wildman–Crippen MR) is 125 cm³/mol. The fraction of sp³-hybridized carbons (Fsp3) is 0.500. The molecule has 1 nitrogen and oxygen atoms in total. The number of ether oxygens (including phenoxy) is 1. The fourth-order valence-electron chi connectivity index (χ4n) is 5.83. The molecule has 2 aromatic rings. The van der Waals surface area contributed by atoms with Gasteiger partial charge < -0.3 is 4.74 Å². The van der Waals surface area contributed by atoms with E-state index in [1.54, 1.807) is 6.07 Å². The third-order valence-corrected chi connectivity index (χ3v) is 7.56. The number of fused-ring (bicyclic) bond motifs is 1. The Labute approximate surface area is 185 Å². The summed E-state index contributed by atoms with van der Waals surface area (Å²) in [6.45, 7) is 5.83. The summed E-state index contributed by atoms with van der Waals surface area (Å²) in [7, 11) is 0. The van der Waals surface area contributed by atoms with E-state index in [9.17, 15) is 8.78 Å². The van der Waals surface area contributed by atoms with Crippen molar-refractivity contribution in [2.75, 3.05) is 6.61 Å². The zero-order valence-electron chi connectivity index (χ0n) is 18.6. The van der Waals surface area contributed by atoms with Gasteiger partial charge in [0, 0.05) is 5.39 Å². The summed E-state index contributed by atoms with van der Waals surface area (Å²) < 4.78 is 34.4. The van der Waals surface area contributed by atoms with Gasteiger partial charge in [-0.2, -0.15) is 4.39 Å². The minimum absolute atomic E-state index is 0.0534. The van der Waals surface area contributed by atoms with Crippen molar-refractivity contribution in [3.63, 3.8) is 0 Å². The van der Waals surface area contributed by atoms with Crippen LogP contribution in [0, 0.1) is 29.4 Å². The highest BCUT2D eigenvalue weighted by atomic mass is 19.2. The summed E-state index contributed by atoms with van der Waals surface area (Å²) in [5, 5.41) is 1.03. The van der Waals surface area contributed by atoms with Gasteiger partial charge in [-0.1, -0.05) is 36.9 Å². The van der Waals surface area contributed by atoms with Crippen molar-refractivity contribution in [3.05, 3.63) is 66.3 Å². The molecule has 0 spiro atoms. The van der Waals surface area contributed by atoms with E-state index in [-0.39, 0.29) is 12.4 Å². The predicted octanol–water partition coefficient (Wildman–Crippen LogP) is 8.34. The summed E-state index contributed by atoms with van der Waals surface area (Å²) in [6, 6.07) is 7.44. The van der Waals surface area contributed by atoms with Crippen LogP contribution < -0.4 is 4.74 Å². The molecule has 166 valence electrons. The molecule has 0 unspecified atom stereocenters. The fourth-order valence-corrected chi connectivity index (χ4v) is 5.83. The molecule has 0 aliphatic heterocycles. The zero-order valence-corrected chi connectivity index (χ0v) is 18.6. The van der Waals surface area contributed by atoms with Crippen LogP contribution in [0.2, 0.25) is 0 Å². The van der Waals surface area contributed by atoms with E-state index in [0.29, 0.717) is 16.7 Å². The smallest absolute Gasteiger partial charge is 0.201 e. The number of halogens is 2. The van der Waals surface area contributed by atoms with Crippen molar-refractivity contribution < 1.29 is 13.5 Å². The average Bonchev–Trinajstić information content (AvgIpc) is 2.81. The van der Waals surface area contributed by atoms with E-state index in [0.717, 1.165) is 36.2 Å². The molecule has 0 heterocycles. The highest BCUT2D eigenvalue weighted by Gasteiger charge is 2.31. The monoisotopic (exact) mass is 424 g/mol. The van der Waals surface area contributed by atoms with Crippen LogP contribution in [0.15, 0.2) is 49.1 Å². The van der Waals surface area contributed by atoms with Crippen LogP contribution in [-0.4, -0.2) is 6.61 Å². The molecule has 0 atom stereocenters. The Morgan fingerprint density at radius 1 is 0.935 bits per heavy atom. The van der Waals surface area contributed by atoms with Crippen molar-refractivity contribution >= 4 is 10.8 Å². The quantitative estimate of drug-likeness (QED) is 0.423. The first-order valence-electron chi connectivity index (χ1n) is 11.9. The van der Waals surface area contributed by atoms with E-state index >= 15 is 0 Å². The van der Waals surface area contributed by atoms with Gasteiger partial charge in [-0.05, 0) is 105 Å². The molecule has 2 saturated carbocycles. The maximum atomic E-state index is 14.7. The van der Waals surface area contributed by atoms with Gasteiger partial charge >= 0.3 is 0 Å². The molecule has 0 N–H and O–H groups in total. The highest BCUT2D eigenvalue weighted by molar-refractivity contribution is 5.85. The molecule has 4 rings (SSSR count). The van der Waals surface area contributed by atoms with Crippen LogP contribution in [0.3, 0.4) is 0 Å². The molecule has 2 aliphatic carbocycles. The maximum absolute atomic E-state index is 14.7. The molecule has 0 aromatic heterocycles. The lowest BCUT2D eigenvalue weighted by Crippen LogP contribution is -2.25. The Bertz CT molecular complexity index is 932. The van der Waals surface area contributed by atoms with E-state index in [1.165, 1.54) is 44.6 Å². The summed E-state index contributed by atoms with van der Waals surface area (Å²) in [5.41, 5.74) is 1.14. The summed E-state index contributed by atoms with van der Waals surface area (Å²) >= 11 is 0. The molecule has 2 aromatic carbocycles. The lowest BCUT2D eigenvalue weighted by Gasteiger charge is -2.37. The topological polar surface area (TPSA) is 9.23 Å². The van der Waals surface area contributed by atoms with Crippen LogP contribution in [0.4, 0.5) is 8.78 Å². The SMILES string of the molecule is C=CCOc1cc2ccc(C3CCC(C4CCC(/C=C/C)CC4)CC3)cc2c(F)c1F. The summed E-state index contributed by atoms with van der Waals surface area (Å²) in [4.78, 5) is 0. The Hall–Kier alpha value is -2.16. The molecule has 0 amide bonds. The maximum Gasteiger partial charge on any atom is 0.201 e. The Balaban J connectivity index is 1.42. The first-order valence-corrected chi connectivity index (χ1v) is 11.9. The second-order valence-corrected chi connectivity index (χ2v) is 9.40. The summed E-state index contributed by atoms with van der Waals surface area (Å²) in [5.74, 6) is 1.16. The minimum atomic E-state index is -0.913. The third-order valence-electron chi connectivity index (χ3n) is 7.56. The highest BCUT2D eigenvalue weighted by Crippen LogP contribution is 2.44. The average molecular weight is 425 g/mol. The Morgan fingerprint density at radius 2 is 1.61 bits per heavy atom. The standard InChI is InChI=1S/C28H34F2O/c1-3-5-19-6-8-20(9-7-19)21-10-12-22(13-11-21)23-14-15-24-18-26(31-16-4-2)28(30)27(29)25(24)17-23/h3-5,14-15,17-22H,2,6-13,16H2,1H3/b5-3+. The van der Waals surface area contributed by atoms with Gasteiger partial charge in [0.2, 0.25) is 5.82 Å². The van der Waals surface area contributed by atoms with Crippen LogP contribution in [0.5, 0.6) is 5.75 Å². The van der Waals surface area contributed by atoms with E-state index in [4.69, 9.17) is 4.74 Å². The molecule has 0 bridgehead atoms. The largest absolute Gasteiger partial charge is 0.486 e. The van der Waals surface area contributed by atoms with Crippen LogP contribution in [0.25, 0.3) is 10.8 Å². The van der Waals surface area contributed by atoms with E-state index < -0.39 is 11.6 Å². The van der Waals surface area contributed by atoms with Crippen LogP contribution in [0.1, 0.15) is 69.8 Å². The number of hydrogen-bond donors (Lipinski definition) is 0. The van der Waals surface area contributed by atoms with Gasteiger partial charge in [0.05, 0.1) is 0 Å². The molecule has 3 heteroatoms. The van der Waals surface area contributed by atoms with Crippen molar-refractivity contribution in [1.29, 1.82) is 0 Å². The zero-order chi connectivity index (χ0) is 21.8. The van der Waals surface area contributed by atoms with E-state index in [2.05, 4.69) is 31.7 Å². The number of benzene rings is 2. The van der Waals surface area contributed by atoms with Crippen molar-refractivity contribution in [2.45, 2.75) is 64.2 Å². The van der Waals surface area contributed by atoms with Gasteiger partial charge in [-0.3, -0.25) is 0 Å². The van der Waals surface area contributed by atoms with Crippen molar-refractivity contribution in [1.82, 2.24) is 0 Å². The lowest BCUT2D eigenvalue weighted by molar-refractivity contribution is 0.171. The molecule has 31 heavy (non-hydrogen) atoms. The molecule has 2 aliphatic rings. The number of hydrogen-bond acceptors (Lipinski definition) is 1. The van der Waals surface area contributed by atoms with Crippen LogP contribution >= 0.6 is 0 Å². The summed E-state index contributed by atoms with van der Waals surface area (Å²) in [6.07, 6.45) is 16.3. The minimum Gasteiger partial charge on any atom is -0.486 e. The normalized spacial score (nSPS) is 26.9. The van der Waals surface area contributed by atoms with Crippen molar-refractivity contribution in [2.24, 2.45) is 17.8 Å². The molecule has 0 radical (unpaired) electrons. The van der Waals surface area contributed by atoms with Gasteiger partial charge in [0.25, 0.3) is 0 Å². The van der Waals surface area contributed by atoms with Gasteiger partial charge in [0.1, 0.15) is 6.61 Å². The third kappa shape index (κ3) is 4.86. The lowest BCUT2D eigenvalue weighted by atomic mass is 9.68. The number of allylic oxidation sites excluding steroid dienone is 2. The second-order valence-electron chi connectivity index (χ2n) is 9.40. The van der Waals surface area contributed by atoms with E-state index in [1.807, 2.05) is 12.1 Å². The first-order chi connectivity index (χ1) is 15.1. The molecular weight excluding hydrogens is 390 g/mol. The first kappa shape index (κ1) is 22.0. The Kier molecular flexibility index (Phi) is 7.09. The Morgan fingerprint density at radius 3 is 2.26 bits per heavy atom. The number of rotatable bonds is 6. The van der Waals surface area contributed by atoms with Crippen LogP contribution in [-0.2, 0) is 0 Å². The van der Waals surface area contributed by atoms with Crippen molar-refractivity contribution in [3.8, 4) is 5.75 Å². The van der Waals surface area contributed by atoms with Gasteiger partial charge in [0.15, 0.2) is 11.6 Å². The van der Waals surface area contributed by atoms with Gasteiger partial charge in [-0.25, -0.2) is 4.39 Å². The molecular formula is C28H34F2O. The second kappa shape index (κ2) is 9.97. The molecule has 0 saturated heterocycles. The van der Waals surface area contributed by atoms with Gasteiger partial charge in [-0.15, -0.1) is 0 Å².